The highest BCUT2D eigenvalue weighted by molar-refractivity contribution is 7.13. The minimum Gasteiger partial charge on any atom is -0.478 e. The van der Waals surface area contributed by atoms with Crippen LogP contribution < -0.4 is 11.1 Å². The van der Waals surface area contributed by atoms with Crippen LogP contribution in [0.25, 0.3) is 0 Å². The van der Waals surface area contributed by atoms with Gasteiger partial charge in [0.25, 0.3) is 11.8 Å². The number of carboxylic acid groups (broad SMARTS) is 2. The molecule has 0 unspecified atom stereocenters. The summed E-state index contributed by atoms with van der Waals surface area (Å²) in [7, 11) is 0. The average molecular weight is 437 g/mol. The molecule has 13 heteroatoms. The number of anilines is 1. The van der Waals surface area contributed by atoms with E-state index in [4.69, 9.17) is 15.7 Å². The van der Waals surface area contributed by atoms with Crippen LogP contribution in [0.15, 0.2) is 22.3 Å². The van der Waals surface area contributed by atoms with Gasteiger partial charge in [-0.3, -0.25) is 14.5 Å². The van der Waals surface area contributed by atoms with Gasteiger partial charge in [0, 0.05) is 5.38 Å². The number of aliphatic carboxylic acids is 2. The lowest BCUT2D eigenvalue weighted by molar-refractivity contribution is -0.161. The van der Waals surface area contributed by atoms with Gasteiger partial charge in [0.1, 0.15) is 17.4 Å². The van der Waals surface area contributed by atoms with Gasteiger partial charge in [-0.2, -0.15) is 0 Å². The van der Waals surface area contributed by atoms with Crippen molar-refractivity contribution in [3.8, 4) is 0 Å². The van der Waals surface area contributed by atoms with E-state index in [1.54, 1.807) is 0 Å². The topological polar surface area (TPSA) is 185 Å². The molecule has 0 radical (unpaired) electrons. The van der Waals surface area contributed by atoms with Gasteiger partial charge in [0.15, 0.2) is 10.8 Å². The second-order valence-corrected chi connectivity index (χ2v) is 8.01. The summed E-state index contributed by atoms with van der Waals surface area (Å²) in [5.74, 6) is -3.91. The van der Waals surface area contributed by atoms with Gasteiger partial charge >= 0.3 is 11.9 Å². The van der Waals surface area contributed by atoms with Crippen molar-refractivity contribution < 1.29 is 34.2 Å². The van der Waals surface area contributed by atoms with Gasteiger partial charge in [-0.15, -0.1) is 11.3 Å². The van der Waals surface area contributed by atoms with E-state index in [9.17, 15) is 24.3 Å². The molecule has 0 saturated carbocycles. The minimum atomic E-state index is -1.72. The highest BCUT2D eigenvalue weighted by Gasteiger charge is 2.52. The monoisotopic (exact) mass is 437 g/mol. The van der Waals surface area contributed by atoms with Gasteiger partial charge in [0.05, 0.1) is 6.04 Å². The number of thiazole rings is 1. The smallest absolute Gasteiger partial charge is 0.352 e. The van der Waals surface area contributed by atoms with E-state index in [-0.39, 0.29) is 22.2 Å². The summed E-state index contributed by atoms with van der Waals surface area (Å²) >= 11 is 1.04. The molecule has 0 spiro atoms. The summed E-state index contributed by atoms with van der Waals surface area (Å²) in [6.07, 6.45) is 2.38. The van der Waals surface area contributed by atoms with Crippen LogP contribution in [-0.2, 0) is 24.0 Å². The van der Waals surface area contributed by atoms with E-state index >= 15 is 0 Å². The molecule has 0 aromatic carbocycles. The van der Waals surface area contributed by atoms with Crippen molar-refractivity contribution in [2.24, 2.45) is 5.16 Å². The van der Waals surface area contributed by atoms with Gasteiger partial charge in [0.2, 0.25) is 5.60 Å². The maximum absolute atomic E-state index is 12.8. The molecule has 1 aromatic heterocycles. The highest BCUT2D eigenvalue weighted by Crippen LogP contribution is 2.33. The highest BCUT2D eigenvalue weighted by atomic mass is 32.1. The molecule has 12 nitrogen and oxygen atoms in total. The molecule has 1 aromatic rings. The molecule has 2 atom stereocenters. The first-order valence-electron chi connectivity index (χ1n) is 8.81. The summed E-state index contributed by atoms with van der Waals surface area (Å²) < 4.78 is 0. The molecular weight excluding hydrogens is 418 g/mol. The fourth-order valence-electron chi connectivity index (χ4n) is 2.98. The van der Waals surface area contributed by atoms with E-state index in [0.29, 0.717) is 12.8 Å². The average Bonchev–Trinajstić information content (AvgIpc) is 3.11. The van der Waals surface area contributed by atoms with Crippen LogP contribution in [0.5, 0.6) is 0 Å². The third-order valence-corrected chi connectivity index (χ3v) is 5.32. The number of oxime groups is 1. The van der Waals surface area contributed by atoms with Crippen molar-refractivity contribution >= 4 is 45.9 Å². The Hall–Kier alpha value is -3.48. The number of hydrogen-bond donors (Lipinski definition) is 4. The molecule has 1 saturated heterocycles. The fraction of sp³-hybridized carbons (Fsp3) is 0.412. The Morgan fingerprint density at radius 3 is 2.67 bits per heavy atom. The lowest BCUT2D eigenvalue weighted by Gasteiger charge is -2.48. The number of nitrogens with zero attached hydrogens (tertiary/aromatic N) is 3. The number of nitrogens with two attached hydrogens (primary N) is 1. The SMILES string of the molecule is CC(C)(ON=C(C(=O)N[C@@H]1C(=O)N2C(C(=O)O)=CCC[C@@H]12)c1csc(N)n1)C(=O)O. The Morgan fingerprint density at radius 1 is 1.40 bits per heavy atom. The fourth-order valence-corrected chi connectivity index (χ4v) is 3.53. The maximum atomic E-state index is 12.8. The van der Waals surface area contributed by atoms with Crippen molar-refractivity contribution in [3.63, 3.8) is 0 Å². The number of allylic oxidation sites excluding steroid dienone is 1. The van der Waals surface area contributed by atoms with Crippen LogP contribution in [0.3, 0.4) is 0 Å². The number of carbonyl (C=O) groups is 4. The zero-order valence-electron chi connectivity index (χ0n) is 16.0. The second kappa shape index (κ2) is 7.74. The van der Waals surface area contributed by atoms with Crippen LogP contribution >= 0.6 is 11.3 Å². The van der Waals surface area contributed by atoms with Gasteiger partial charge in [-0.05, 0) is 26.7 Å². The maximum Gasteiger partial charge on any atom is 0.352 e. The van der Waals surface area contributed by atoms with Crippen LogP contribution in [-0.4, -0.2) is 67.2 Å². The first-order valence-corrected chi connectivity index (χ1v) is 9.69. The van der Waals surface area contributed by atoms with Gasteiger partial charge in [-0.1, -0.05) is 11.2 Å². The number of aromatic nitrogens is 1. The number of β-lactam (4-membered cyclic amide) rings is 1. The molecule has 2 aliphatic rings. The summed E-state index contributed by atoms with van der Waals surface area (Å²) in [5.41, 5.74) is 3.46. The molecule has 30 heavy (non-hydrogen) atoms. The first-order chi connectivity index (χ1) is 14.0. The first kappa shape index (κ1) is 21.2. The van der Waals surface area contributed by atoms with Crippen LogP contribution in [0.2, 0.25) is 0 Å². The van der Waals surface area contributed by atoms with E-state index in [1.807, 2.05) is 0 Å². The van der Waals surface area contributed by atoms with E-state index in [1.165, 1.54) is 25.3 Å². The lowest BCUT2D eigenvalue weighted by Crippen LogP contribution is -2.71. The molecule has 0 aliphatic carbocycles. The minimum absolute atomic E-state index is 0.0505. The molecule has 0 bridgehead atoms. The summed E-state index contributed by atoms with van der Waals surface area (Å²) in [6, 6.07) is -1.45. The zero-order valence-corrected chi connectivity index (χ0v) is 16.8. The van der Waals surface area contributed by atoms with E-state index < -0.39 is 41.4 Å². The summed E-state index contributed by atoms with van der Waals surface area (Å²) in [6.45, 7) is 2.50. The molecule has 1 fully saturated rings. The molecular formula is C17H19N5O7S. The largest absolute Gasteiger partial charge is 0.478 e. The van der Waals surface area contributed by atoms with Crippen molar-refractivity contribution in [1.29, 1.82) is 0 Å². The molecule has 3 heterocycles. The van der Waals surface area contributed by atoms with Gasteiger partial charge in [-0.25, -0.2) is 14.6 Å². The number of carbonyl (C=O) groups excluding carboxylic acids is 2. The van der Waals surface area contributed by atoms with Crippen molar-refractivity contribution in [3.05, 3.63) is 22.8 Å². The van der Waals surface area contributed by atoms with E-state index in [0.717, 1.165) is 16.2 Å². The number of carboxylic acids is 2. The second-order valence-electron chi connectivity index (χ2n) is 7.12. The third kappa shape index (κ3) is 3.83. The molecule has 2 aliphatic heterocycles. The number of amides is 2. The number of nitrogen functional groups attached to an aromatic ring is 1. The normalized spacial score (nSPS) is 21.3. The molecule has 2 amide bonds. The van der Waals surface area contributed by atoms with Gasteiger partial charge < -0.3 is 26.1 Å². The van der Waals surface area contributed by atoms with Crippen molar-refractivity contribution in [1.82, 2.24) is 15.2 Å². The van der Waals surface area contributed by atoms with Crippen molar-refractivity contribution in [2.75, 3.05) is 5.73 Å². The van der Waals surface area contributed by atoms with Crippen LogP contribution in [0, 0.1) is 0 Å². The molecule has 3 rings (SSSR count). The zero-order chi connectivity index (χ0) is 22.2. The van der Waals surface area contributed by atoms with Crippen LogP contribution in [0.1, 0.15) is 32.4 Å². The number of rotatable bonds is 7. The Labute approximate surface area is 174 Å². The predicted molar refractivity (Wildman–Crippen MR) is 103 cm³/mol. The predicted octanol–water partition coefficient (Wildman–Crippen LogP) is -0.233. The Balaban J connectivity index is 1.81. The van der Waals surface area contributed by atoms with E-state index in [2.05, 4.69) is 15.5 Å². The van der Waals surface area contributed by atoms with Crippen molar-refractivity contribution in [2.45, 2.75) is 44.4 Å². The number of hydrogen-bond acceptors (Lipinski definition) is 9. The molecule has 160 valence electrons. The lowest BCUT2D eigenvalue weighted by atomic mass is 9.86. The Morgan fingerprint density at radius 2 is 2.10 bits per heavy atom. The quantitative estimate of drug-likeness (QED) is 0.254. The summed E-state index contributed by atoms with van der Waals surface area (Å²) in [4.78, 5) is 57.9. The number of nitrogens with one attached hydrogen (secondary N) is 1. The van der Waals surface area contributed by atoms with Crippen LogP contribution in [0.4, 0.5) is 5.13 Å². The Bertz CT molecular complexity index is 983. The third-order valence-electron chi connectivity index (χ3n) is 4.65. The summed E-state index contributed by atoms with van der Waals surface area (Å²) in [5, 5.41) is 26.2. The number of fused-ring (bicyclic) bond motifs is 1. The standard InChI is InChI=1S/C17H19N5O7S/c1-17(2,15(27)28)29-21-10(7-6-30-16(18)19-7)12(23)20-11-8-4-3-5-9(14(25)26)22(8)13(11)24/h5-6,8,11H,3-4H2,1-2H3,(H2,18,19)(H,20,23)(H,25,26)(H,27,28)/t8-,11-/m0/s1. The molecule has 5 N–H and O–H groups in total. The Kier molecular flexibility index (Phi) is 5.48.